The van der Waals surface area contributed by atoms with Crippen molar-refractivity contribution in [2.75, 3.05) is 77.4 Å². The first kappa shape index (κ1) is 22.9. The van der Waals surface area contributed by atoms with Crippen molar-refractivity contribution >= 4 is 28.9 Å². The van der Waals surface area contributed by atoms with Crippen molar-refractivity contribution in [1.29, 1.82) is 0 Å². The molecule has 0 saturated carbocycles. The number of thiocarbonyl (C=S) groups is 1. The summed E-state index contributed by atoms with van der Waals surface area (Å²) >= 11 is 5.58. The van der Waals surface area contributed by atoms with E-state index < -0.39 is 0 Å². The maximum atomic E-state index is 12.5. The van der Waals surface area contributed by atoms with Gasteiger partial charge >= 0.3 is 0 Å². The van der Waals surface area contributed by atoms with Crippen molar-refractivity contribution in [1.82, 2.24) is 10.2 Å². The Kier molecular flexibility index (Phi) is 9.32. The van der Waals surface area contributed by atoms with Gasteiger partial charge in [-0.1, -0.05) is 25.1 Å². The average Bonchev–Trinajstić information content (AvgIpc) is 2.78. The summed E-state index contributed by atoms with van der Waals surface area (Å²) in [7, 11) is 0. The molecule has 4 N–H and O–H groups in total. The van der Waals surface area contributed by atoms with Gasteiger partial charge in [-0.2, -0.15) is 0 Å². The van der Waals surface area contributed by atoms with E-state index in [1.807, 2.05) is 18.2 Å². The van der Waals surface area contributed by atoms with Gasteiger partial charge in [0.25, 0.3) is 5.91 Å². The molecule has 1 amide bonds. The second-order valence-electron chi connectivity index (χ2n) is 8.17. The van der Waals surface area contributed by atoms with E-state index in [0.29, 0.717) is 6.54 Å². The van der Waals surface area contributed by atoms with E-state index in [1.165, 1.54) is 17.0 Å². The largest absolute Gasteiger partial charge is 0.370 e. The highest BCUT2D eigenvalue weighted by atomic mass is 32.1. The van der Waals surface area contributed by atoms with Gasteiger partial charge in [-0.05, 0) is 30.3 Å². The molecule has 0 radical (unpaired) electrons. The molecule has 166 valence electrons. The molecule has 2 aliphatic rings. The van der Waals surface area contributed by atoms with E-state index in [0.717, 1.165) is 82.7 Å². The van der Waals surface area contributed by atoms with Gasteiger partial charge < -0.3 is 30.1 Å². The van der Waals surface area contributed by atoms with Gasteiger partial charge in [-0.15, -0.1) is 0 Å². The van der Waals surface area contributed by atoms with Crippen molar-refractivity contribution in [2.45, 2.75) is 19.8 Å². The highest BCUT2D eigenvalue weighted by molar-refractivity contribution is 7.80. The van der Waals surface area contributed by atoms with E-state index >= 15 is 0 Å². The maximum Gasteiger partial charge on any atom is 0.279 e. The van der Waals surface area contributed by atoms with Crippen LogP contribution in [0.1, 0.15) is 18.9 Å². The smallest absolute Gasteiger partial charge is 0.279 e. The number of rotatable bonds is 8. The second-order valence-corrected chi connectivity index (χ2v) is 8.56. The minimum absolute atomic E-state index is 0.0886. The summed E-state index contributed by atoms with van der Waals surface area (Å²) in [4.78, 5) is 17.7. The van der Waals surface area contributed by atoms with Crippen molar-refractivity contribution in [3.8, 4) is 0 Å². The summed E-state index contributed by atoms with van der Waals surface area (Å²) in [6.07, 6.45) is 2.04. The van der Waals surface area contributed by atoms with E-state index in [1.54, 1.807) is 4.90 Å². The van der Waals surface area contributed by atoms with E-state index in [-0.39, 0.29) is 5.91 Å². The molecule has 2 saturated heterocycles. The minimum atomic E-state index is 0.0886. The summed E-state index contributed by atoms with van der Waals surface area (Å²) < 4.78 is 5.41. The molecule has 0 atom stereocenters. The first-order chi connectivity index (χ1) is 14.7. The Morgan fingerprint density at radius 2 is 1.87 bits per heavy atom. The van der Waals surface area contributed by atoms with Crippen LogP contribution >= 0.6 is 12.2 Å². The van der Waals surface area contributed by atoms with Crippen LogP contribution in [-0.4, -0.2) is 88.0 Å². The topological polar surface area (TPSA) is 62.5 Å². The molecule has 2 aliphatic heterocycles. The molecular weight excluding hydrogens is 398 g/mol. The lowest BCUT2D eigenvalue weighted by molar-refractivity contribution is -0.908. The minimum Gasteiger partial charge on any atom is -0.370 e. The molecule has 8 heteroatoms. The molecular formula is C22H37N5O2S+2. The van der Waals surface area contributed by atoms with Crippen LogP contribution in [-0.2, 0) is 16.0 Å². The Balaban J connectivity index is 1.31. The SMILES string of the molecule is CCc1ccccc1NC(=O)C[NH+]1CCN(C(=S)NCCC[NH+]2CCOCC2)CC1. The number of morpholine rings is 1. The third kappa shape index (κ3) is 7.19. The number of carbonyl (C=O) groups excluding carboxylic acids is 1. The number of para-hydroxylation sites is 1. The van der Waals surface area contributed by atoms with Crippen molar-refractivity contribution in [3.05, 3.63) is 29.8 Å². The van der Waals surface area contributed by atoms with E-state index in [4.69, 9.17) is 17.0 Å². The zero-order valence-corrected chi connectivity index (χ0v) is 19.0. The second kappa shape index (κ2) is 12.2. The number of amides is 1. The number of carbonyl (C=O) groups is 1. The molecule has 0 aromatic heterocycles. The fraction of sp³-hybridized carbons (Fsp3) is 0.636. The van der Waals surface area contributed by atoms with Gasteiger partial charge in [0, 0.05) is 18.7 Å². The lowest BCUT2D eigenvalue weighted by Crippen LogP contribution is -3.15. The van der Waals surface area contributed by atoms with Crippen LogP contribution in [0.25, 0.3) is 0 Å². The van der Waals surface area contributed by atoms with Crippen molar-refractivity contribution in [3.63, 3.8) is 0 Å². The van der Waals surface area contributed by atoms with Gasteiger partial charge in [0.2, 0.25) is 0 Å². The number of nitrogens with zero attached hydrogens (tertiary/aromatic N) is 1. The first-order valence-electron chi connectivity index (χ1n) is 11.3. The van der Waals surface area contributed by atoms with Gasteiger partial charge in [0.1, 0.15) is 13.1 Å². The Morgan fingerprint density at radius 3 is 2.60 bits per heavy atom. The molecule has 30 heavy (non-hydrogen) atoms. The van der Waals surface area contributed by atoms with E-state index in [9.17, 15) is 4.79 Å². The summed E-state index contributed by atoms with van der Waals surface area (Å²) in [5.74, 6) is 0.0886. The number of piperazine rings is 1. The van der Waals surface area contributed by atoms with Crippen LogP contribution in [0.3, 0.4) is 0 Å². The van der Waals surface area contributed by atoms with Gasteiger partial charge in [0.05, 0.1) is 45.9 Å². The van der Waals surface area contributed by atoms with Crippen LogP contribution in [0.2, 0.25) is 0 Å². The van der Waals surface area contributed by atoms with Crippen molar-refractivity contribution < 1.29 is 19.3 Å². The number of nitrogens with one attached hydrogen (secondary N) is 4. The molecule has 2 heterocycles. The van der Waals surface area contributed by atoms with Gasteiger partial charge in [-0.25, -0.2) is 0 Å². The highest BCUT2D eigenvalue weighted by Gasteiger charge is 2.24. The standard InChI is InChI=1S/C22H35N5O2S/c1-2-19-6-3-4-7-20(19)24-21(28)18-26-10-12-27(13-11-26)22(30)23-8-5-9-25-14-16-29-17-15-25/h3-4,6-7H,2,5,8-18H2,1H3,(H,23,30)(H,24,28)/p+2. The molecule has 0 bridgehead atoms. The normalized spacial score (nSPS) is 18.2. The highest BCUT2D eigenvalue weighted by Crippen LogP contribution is 2.14. The molecule has 7 nitrogen and oxygen atoms in total. The van der Waals surface area contributed by atoms with E-state index in [2.05, 4.69) is 28.5 Å². The number of anilines is 1. The molecule has 1 aromatic rings. The molecule has 2 fully saturated rings. The number of benzene rings is 1. The Labute approximate surface area is 185 Å². The molecule has 3 rings (SSSR count). The number of hydrogen-bond donors (Lipinski definition) is 4. The third-order valence-electron chi connectivity index (χ3n) is 6.02. The molecule has 0 spiro atoms. The predicted octanol–water partition coefficient (Wildman–Crippen LogP) is -1.43. The van der Waals surface area contributed by atoms with Crippen molar-refractivity contribution in [2.24, 2.45) is 0 Å². The van der Waals surface area contributed by atoms with Crippen LogP contribution in [0.4, 0.5) is 5.69 Å². The quantitative estimate of drug-likeness (QED) is 0.298. The van der Waals surface area contributed by atoms with Crippen LogP contribution in [0.15, 0.2) is 24.3 Å². The molecule has 1 aromatic carbocycles. The zero-order valence-electron chi connectivity index (χ0n) is 18.2. The fourth-order valence-electron chi connectivity index (χ4n) is 4.13. The zero-order chi connectivity index (χ0) is 21.2. The molecule has 0 aliphatic carbocycles. The third-order valence-corrected chi connectivity index (χ3v) is 6.43. The number of quaternary nitrogens is 2. The van der Waals surface area contributed by atoms with Gasteiger partial charge in [-0.3, -0.25) is 4.79 Å². The van der Waals surface area contributed by atoms with Crippen LogP contribution in [0, 0.1) is 0 Å². The van der Waals surface area contributed by atoms with Crippen LogP contribution < -0.4 is 20.4 Å². The summed E-state index contributed by atoms with van der Waals surface area (Å²) in [5, 5.41) is 7.35. The Morgan fingerprint density at radius 1 is 1.13 bits per heavy atom. The monoisotopic (exact) mass is 435 g/mol. The Hall–Kier alpha value is -1.74. The number of aryl methyl sites for hydroxylation is 1. The number of ether oxygens (including phenoxy) is 1. The lowest BCUT2D eigenvalue weighted by atomic mass is 10.1. The summed E-state index contributed by atoms with van der Waals surface area (Å²) in [6.45, 7) is 12.4. The number of hydrogen-bond acceptors (Lipinski definition) is 3. The maximum absolute atomic E-state index is 12.5. The predicted molar refractivity (Wildman–Crippen MR) is 123 cm³/mol. The summed E-state index contributed by atoms with van der Waals surface area (Å²) in [5.41, 5.74) is 2.12. The van der Waals surface area contributed by atoms with Crippen LogP contribution in [0.5, 0.6) is 0 Å². The van der Waals surface area contributed by atoms with Gasteiger partial charge in [0.15, 0.2) is 11.7 Å². The average molecular weight is 436 g/mol. The Bertz CT molecular complexity index is 688. The lowest BCUT2D eigenvalue weighted by Gasteiger charge is -2.33. The molecule has 0 unspecified atom stereocenters. The fourth-order valence-corrected chi connectivity index (χ4v) is 4.42. The summed E-state index contributed by atoms with van der Waals surface area (Å²) in [6, 6.07) is 8.03. The first-order valence-corrected chi connectivity index (χ1v) is 11.7.